The van der Waals surface area contributed by atoms with E-state index in [-0.39, 0.29) is 4.21 Å². The minimum atomic E-state index is -3.42. The standard InChI is InChI=1S/C11H13ClN2O2S3/c1-8-7-17-10(14-8)3-2-6-13-19(15,16)11-5-4-9(12)18-11/h4-5,7,13H,2-3,6H2,1H3. The molecule has 0 amide bonds. The lowest BCUT2D eigenvalue weighted by Gasteiger charge is -2.03. The number of aromatic nitrogens is 1. The molecule has 0 spiro atoms. The van der Waals surface area contributed by atoms with Crippen LogP contribution in [-0.4, -0.2) is 19.9 Å². The summed E-state index contributed by atoms with van der Waals surface area (Å²) in [6.45, 7) is 2.35. The average molecular weight is 337 g/mol. The van der Waals surface area contributed by atoms with Crippen LogP contribution in [0.2, 0.25) is 4.34 Å². The van der Waals surface area contributed by atoms with Gasteiger partial charge in [0.1, 0.15) is 4.21 Å². The Balaban J connectivity index is 1.82. The van der Waals surface area contributed by atoms with Gasteiger partial charge in [-0.1, -0.05) is 11.6 Å². The van der Waals surface area contributed by atoms with Gasteiger partial charge in [0.25, 0.3) is 0 Å². The van der Waals surface area contributed by atoms with E-state index in [2.05, 4.69) is 9.71 Å². The molecule has 19 heavy (non-hydrogen) atoms. The van der Waals surface area contributed by atoms with Crippen molar-refractivity contribution in [2.24, 2.45) is 0 Å². The molecule has 0 unspecified atom stereocenters. The number of hydrogen-bond donors (Lipinski definition) is 1. The van der Waals surface area contributed by atoms with Crippen molar-refractivity contribution in [1.29, 1.82) is 0 Å². The largest absolute Gasteiger partial charge is 0.250 e. The van der Waals surface area contributed by atoms with E-state index in [0.29, 0.717) is 10.9 Å². The molecule has 0 bridgehead atoms. The van der Waals surface area contributed by atoms with Crippen molar-refractivity contribution in [2.75, 3.05) is 6.54 Å². The van der Waals surface area contributed by atoms with E-state index in [9.17, 15) is 8.42 Å². The maximum atomic E-state index is 11.9. The first-order valence-electron chi connectivity index (χ1n) is 5.63. The predicted molar refractivity (Wildman–Crippen MR) is 79.7 cm³/mol. The molecule has 0 aromatic carbocycles. The zero-order chi connectivity index (χ0) is 13.9. The molecule has 0 radical (unpaired) electrons. The molecule has 0 fully saturated rings. The number of halogens is 1. The van der Waals surface area contributed by atoms with Gasteiger partial charge in [0.05, 0.1) is 9.34 Å². The minimum absolute atomic E-state index is 0.252. The average Bonchev–Trinajstić information content (AvgIpc) is 2.94. The first-order valence-corrected chi connectivity index (χ1v) is 9.19. The first-order chi connectivity index (χ1) is 8.97. The van der Waals surface area contributed by atoms with Crippen molar-refractivity contribution in [3.63, 3.8) is 0 Å². The van der Waals surface area contributed by atoms with Crippen molar-refractivity contribution in [1.82, 2.24) is 9.71 Å². The van der Waals surface area contributed by atoms with Gasteiger partial charge in [0.15, 0.2) is 0 Å². The normalized spacial score (nSPS) is 11.9. The first kappa shape index (κ1) is 14.9. The highest BCUT2D eigenvalue weighted by Crippen LogP contribution is 2.25. The molecule has 1 N–H and O–H groups in total. The van der Waals surface area contributed by atoms with Crippen molar-refractivity contribution in [2.45, 2.75) is 24.0 Å². The molecule has 0 saturated heterocycles. The van der Waals surface area contributed by atoms with Crippen LogP contribution in [0.3, 0.4) is 0 Å². The Morgan fingerprint density at radius 2 is 2.21 bits per heavy atom. The van der Waals surface area contributed by atoms with Crippen LogP contribution in [-0.2, 0) is 16.4 Å². The van der Waals surface area contributed by atoms with Crippen LogP contribution in [0.25, 0.3) is 0 Å². The summed E-state index contributed by atoms with van der Waals surface area (Å²) < 4.78 is 27.1. The second-order valence-corrected chi connectivity index (χ2v) is 8.59. The van der Waals surface area contributed by atoms with Crippen molar-refractivity contribution in [3.05, 3.63) is 32.6 Å². The third-order valence-electron chi connectivity index (χ3n) is 2.34. The Kier molecular flexibility index (Phi) is 4.97. The molecule has 2 aromatic rings. The molecular formula is C11H13ClN2O2S3. The minimum Gasteiger partial charge on any atom is -0.247 e. The summed E-state index contributed by atoms with van der Waals surface area (Å²) in [5.41, 5.74) is 1.01. The van der Waals surface area contributed by atoms with Gasteiger partial charge >= 0.3 is 0 Å². The smallest absolute Gasteiger partial charge is 0.247 e. The van der Waals surface area contributed by atoms with Crippen molar-refractivity contribution >= 4 is 44.3 Å². The fourth-order valence-electron chi connectivity index (χ4n) is 1.48. The second-order valence-electron chi connectivity index (χ2n) is 3.94. The van der Waals surface area contributed by atoms with E-state index >= 15 is 0 Å². The monoisotopic (exact) mass is 336 g/mol. The van der Waals surface area contributed by atoms with Crippen LogP contribution in [0.1, 0.15) is 17.1 Å². The van der Waals surface area contributed by atoms with E-state index in [1.807, 2.05) is 12.3 Å². The predicted octanol–water partition coefficient (Wildman–Crippen LogP) is 3.08. The van der Waals surface area contributed by atoms with Crippen LogP contribution < -0.4 is 4.72 Å². The van der Waals surface area contributed by atoms with Gasteiger partial charge in [0.2, 0.25) is 10.0 Å². The topological polar surface area (TPSA) is 59.1 Å². The van der Waals surface area contributed by atoms with Gasteiger partial charge in [0, 0.05) is 24.0 Å². The lowest BCUT2D eigenvalue weighted by molar-refractivity contribution is 0.581. The summed E-state index contributed by atoms with van der Waals surface area (Å²) >= 11 is 8.39. The van der Waals surface area contributed by atoms with Gasteiger partial charge in [-0.3, -0.25) is 0 Å². The summed E-state index contributed by atoms with van der Waals surface area (Å²) in [4.78, 5) is 4.33. The van der Waals surface area contributed by atoms with Crippen LogP contribution in [0.5, 0.6) is 0 Å². The van der Waals surface area contributed by atoms with E-state index in [1.165, 1.54) is 6.07 Å². The lowest BCUT2D eigenvalue weighted by atomic mass is 10.3. The number of hydrogen-bond acceptors (Lipinski definition) is 5. The zero-order valence-electron chi connectivity index (χ0n) is 10.2. The Labute approximate surface area is 125 Å². The van der Waals surface area contributed by atoms with Crippen LogP contribution in [0.15, 0.2) is 21.7 Å². The molecule has 0 atom stereocenters. The van der Waals surface area contributed by atoms with E-state index in [4.69, 9.17) is 11.6 Å². The Bertz CT molecular complexity index is 648. The van der Waals surface area contributed by atoms with Crippen LogP contribution in [0, 0.1) is 6.92 Å². The highest BCUT2D eigenvalue weighted by Gasteiger charge is 2.15. The zero-order valence-corrected chi connectivity index (χ0v) is 13.4. The maximum absolute atomic E-state index is 11.9. The van der Waals surface area contributed by atoms with Gasteiger partial charge < -0.3 is 0 Å². The van der Waals surface area contributed by atoms with E-state index < -0.39 is 10.0 Å². The van der Waals surface area contributed by atoms with Crippen LogP contribution >= 0.6 is 34.3 Å². The summed E-state index contributed by atoms with van der Waals surface area (Å²) in [6.07, 6.45) is 1.51. The van der Waals surface area contributed by atoms with Gasteiger partial charge in [-0.15, -0.1) is 22.7 Å². The second kappa shape index (κ2) is 6.32. The number of nitrogens with one attached hydrogen (secondary N) is 1. The fraction of sp³-hybridized carbons (Fsp3) is 0.364. The van der Waals surface area contributed by atoms with Gasteiger partial charge in [-0.2, -0.15) is 0 Å². The van der Waals surface area contributed by atoms with Gasteiger partial charge in [-0.05, 0) is 25.5 Å². The Morgan fingerprint density at radius 1 is 1.42 bits per heavy atom. The van der Waals surface area contributed by atoms with Crippen molar-refractivity contribution < 1.29 is 8.42 Å². The number of rotatable bonds is 6. The molecule has 0 saturated carbocycles. The van der Waals surface area contributed by atoms with E-state index in [0.717, 1.165) is 34.9 Å². The summed E-state index contributed by atoms with van der Waals surface area (Å²) in [5.74, 6) is 0. The molecule has 2 aromatic heterocycles. The fourth-order valence-corrected chi connectivity index (χ4v) is 4.90. The third kappa shape index (κ3) is 4.25. The quantitative estimate of drug-likeness (QED) is 0.825. The highest BCUT2D eigenvalue weighted by molar-refractivity contribution is 7.91. The lowest BCUT2D eigenvalue weighted by Crippen LogP contribution is -2.24. The summed E-state index contributed by atoms with van der Waals surface area (Å²) in [6, 6.07) is 3.10. The molecule has 0 aliphatic rings. The Hall–Kier alpha value is -0.470. The molecule has 2 rings (SSSR count). The number of aryl methyl sites for hydroxylation is 2. The highest BCUT2D eigenvalue weighted by atomic mass is 35.5. The maximum Gasteiger partial charge on any atom is 0.250 e. The molecule has 8 heteroatoms. The van der Waals surface area contributed by atoms with E-state index in [1.54, 1.807) is 17.4 Å². The molecule has 0 aliphatic carbocycles. The number of nitrogens with zero attached hydrogens (tertiary/aromatic N) is 1. The molecule has 104 valence electrons. The number of thiophene rings is 1. The molecule has 0 aliphatic heterocycles. The SMILES string of the molecule is Cc1csc(CCCNS(=O)(=O)c2ccc(Cl)s2)n1. The van der Waals surface area contributed by atoms with Crippen molar-refractivity contribution in [3.8, 4) is 0 Å². The molecule has 4 nitrogen and oxygen atoms in total. The molecule has 2 heterocycles. The van der Waals surface area contributed by atoms with Gasteiger partial charge in [-0.25, -0.2) is 18.1 Å². The third-order valence-corrected chi connectivity index (χ3v) is 6.55. The Morgan fingerprint density at radius 3 is 2.79 bits per heavy atom. The summed E-state index contributed by atoms with van der Waals surface area (Å²) in [7, 11) is -3.42. The molecular weight excluding hydrogens is 324 g/mol. The summed E-state index contributed by atoms with van der Waals surface area (Å²) in [5, 5.41) is 3.03. The number of thiazole rings is 1. The van der Waals surface area contributed by atoms with Crippen LogP contribution in [0.4, 0.5) is 0 Å². The number of sulfonamides is 1.